The second kappa shape index (κ2) is 7.47. The lowest BCUT2D eigenvalue weighted by atomic mass is 10.2. The molecule has 102 valence electrons. The first-order valence-electron chi connectivity index (χ1n) is 5.59. The number of carbonyl (C=O) groups excluding carboxylic acids is 3. The summed E-state index contributed by atoms with van der Waals surface area (Å²) in [6.45, 7) is 6.83. The average molecular weight is 257 g/mol. The van der Waals surface area contributed by atoms with Crippen LogP contribution in [-0.4, -0.2) is 36.6 Å². The molecule has 0 bridgehead atoms. The zero-order chi connectivity index (χ0) is 14.2. The molecule has 0 spiro atoms. The monoisotopic (exact) mass is 257 g/mol. The van der Waals surface area contributed by atoms with Crippen LogP contribution in [-0.2, 0) is 19.1 Å². The van der Waals surface area contributed by atoms with E-state index in [0.717, 1.165) is 12.2 Å². The highest BCUT2D eigenvalue weighted by molar-refractivity contribution is 5.97. The number of ketones is 1. The minimum Gasteiger partial charge on any atom is -0.463 e. The summed E-state index contributed by atoms with van der Waals surface area (Å²) in [6.07, 6.45) is 1.39. The molecule has 0 aromatic carbocycles. The average Bonchev–Trinajstić information content (AvgIpc) is 2.21. The Kier molecular flexibility index (Phi) is 6.70. The second-order valence-electron chi connectivity index (χ2n) is 4.41. The van der Waals surface area contributed by atoms with Gasteiger partial charge in [0.25, 0.3) is 0 Å². The van der Waals surface area contributed by atoms with Crippen molar-refractivity contribution in [1.29, 1.82) is 0 Å². The number of ether oxygens (including phenoxy) is 2. The van der Waals surface area contributed by atoms with Gasteiger partial charge in [-0.3, -0.25) is 4.79 Å². The molecule has 6 nitrogen and oxygen atoms in total. The van der Waals surface area contributed by atoms with E-state index < -0.39 is 23.4 Å². The third-order valence-electron chi connectivity index (χ3n) is 1.50. The maximum Gasteiger partial charge on any atom is 0.408 e. The summed E-state index contributed by atoms with van der Waals surface area (Å²) >= 11 is 0. The Bertz CT molecular complexity index is 341. The van der Waals surface area contributed by atoms with E-state index in [1.54, 1.807) is 27.7 Å². The van der Waals surface area contributed by atoms with Crippen LogP contribution in [0.25, 0.3) is 0 Å². The fourth-order valence-corrected chi connectivity index (χ4v) is 0.884. The van der Waals surface area contributed by atoms with Crippen LogP contribution in [0, 0.1) is 0 Å². The van der Waals surface area contributed by atoms with Gasteiger partial charge in [0.2, 0.25) is 0 Å². The number of carbonyl (C=O) groups is 3. The van der Waals surface area contributed by atoms with Crippen LogP contribution in [0.15, 0.2) is 12.2 Å². The van der Waals surface area contributed by atoms with Gasteiger partial charge in [0.05, 0.1) is 13.2 Å². The van der Waals surface area contributed by atoms with Crippen molar-refractivity contribution in [3.63, 3.8) is 0 Å². The van der Waals surface area contributed by atoms with Gasteiger partial charge in [-0.2, -0.15) is 0 Å². The number of alkyl carbamates (subject to hydrolysis) is 1. The van der Waals surface area contributed by atoms with E-state index in [1.165, 1.54) is 0 Å². The normalized spacial score (nSPS) is 11.1. The first-order valence-corrected chi connectivity index (χ1v) is 5.59. The summed E-state index contributed by atoms with van der Waals surface area (Å²) in [4.78, 5) is 33.4. The zero-order valence-electron chi connectivity index (χ0n) is 11.1. The standard InChI is InChI=1S/C12H19NO5/c1-5-17-10(15)7-6-9(14)8-13-11(16)18-12(2,3)4/h6-7H,5,8H2,1-4H3,(H,13,16)/b7-6+. The highest BCUT2D eigenvalue weighted by Crippen LogP contribution is 2.06. The Morgan fingerprint density at radius 2 is 1.78 bits per heavy atom. The van der Waals surface area contributed by atoms with Gasteiger partial charge < -0.3 is 14.8 Å². The number of nitrogens with one attached hydrogen (secondary N) is 1. The Morgan fingerprint density at radius 3 is 2.28 bits per heavy atom. The Hall–Kier alpha value is -1.85. The molecule has 0 fully saturated rings. The van der Waals surface area contributed by atoms with Crippen LogP contribution in [0.5, 0.6) is 0 Å². The lowest BCUT2D eigenvalue weighted by Crippen LogP contribution is -2.35. The van der Waals surface area contributed by atoms with Gasteiger partial charge in [-0.05, 0) is 33.8 Å². The molecule has 1 N–H and O–H groups in total. The topological polar surface area (TPSA) is 81.7 Å². The molecule has 0 aliphatic rings. The maximum atomic E-state index is 11.3. The van der Waals surface area contributed by atoms with E-state index in [0.29, 0.717) is 0 Å². The van der Waals surface area contributed by atoms with Crippen molar-refractivity contribution in [3.05, 3.63) is 12.2 Å². The van der Waals surface area contributed by atoms with Gasteiger partial charge in [0.1, 0.15) is 5.60 Å². The van der Waals surface area contributed by atoms with Crippen LogP contribution in [0.3, 0.4) is 0 Å². The third kappa shape index (κ3) is 9.38. The van der Waals surface area contributed by atoms with Crippen LogP contribution >= 0.6 is 0 Å². The number of hydrogen-bond acceptors (Lipinski definition) is 5. The molecule has 0 aliphatic heterocycles. The number of amides is 1. The van der Waals surface area contributed by atoms with Gasteiger partial charge >= 0.3 is 12.1 Å². The van der Waals surface area contributed by atoms with E-state index >= 15 is 0 Å². The molecule has 0 rings (SSSR count). The quantitative estimate of drug-likeness (QED) is 0.591. The SMILES string of the molecule is CCOC(=O)/C=C/C(=O)CNC(=O)OC(C)(C)C. The van der Waals surface area contributed by atoms with Crippen molar-refractivity contribution < 1.29 is 23.9 Å². The third-order valence-corrected chi connectivity index (χ3v) is 1.50. The fourth-order valence-electron chi connectivity index (χ4n) is 0.884. The number of rotatable bonds is 5. The molecule has 0 aliphatic carbocycles. The molecule has 0 radical (unpaired) electrons. The van der Waals surface area contributed by atoms with Crippen LogP contribution in [0.4, 0.5) is 4.79 Å². The smallest absolute Gasteiger partial charge is 0.408 e. The molecule has 0 aromatic rings. The minimum absolute atomic E-state index is 0.231. The molecule has 6 heteroatoms. The Morgan fingerprint density at radius 1 is 1.17 bits per heavy atom. The van der Waals surface area contributed by atoms with Crippen LogP contribution in [0.2, 0.25) is 0 Å². The van der Waals surface area contributed by atoms with Crippen molar-refractivity contribution in [2.75, 3.05) is 13.2 Å². The van der Waals surface area contributed by atoms with Crippen molar-refractivity contribution >= 4 is 17.8 Å². The predicted molar refractivity (Wildman–Crippen MR) is 65.0 cm³/mol. The summed E-state index contributed by atoms with van der Waals surface area (Å²) in [6, 6.07) is 0. The summed E-state index contributed by atoms with van der Waals surface area (Å²) in [5.74, 6) is -1.02. The molecule has 0 heterocycles. The highest BCUT2D eigenvalue weighted by atomic mass is 16.6. The molecule has 0 aromatic heterocycles. The molecule has 1 amide bonds. The molecule has 0 saturated carbocycles. The van der Waals surface area contributed by atoms with Gasteiger partial charge in [0, 0.05) is 6.08 Å². The van der Waals surface area contributed by atoms with Crippen LogP contribution < -0.4 is 5.32 Å². The van der Waals surface area contributed by atoms with Crippen molar-refractivity contribution in [2.45, 2.75) is 33.3 Å². The second-order valence-corrected chi connectivity index (χ2v) is 4.41. The summed E-state index contributed by atoms with van der Waals surface area (Å²) in [7, 11) is 0. The van der Waals surface area contributed by atoms with E-state index in [2.05, 4.69) is 10.1 Å². The largest absolute Gasteiger partial charge is 0.463 e. The van der Waals surface area contributed by atoms with Gasteiger partial charge in [-0.1, -0.05) is 0 Å². The Labute approximate surface area is 106 Å². The first-order chi connectivity index (χ1) is 8.24. The molecule has 18 heavy (non-hydrogen) atoms. The number of esters is 1. The predicted octanol–water partition coefficient (Wildman–Crippen LogP) is 1.20. The summed E-state index contributed by atoms with van der Waals surface area (Å²) in [5, 5.41) is 2.28. The molecular weight excluding hydrogens is 238 g/mol. The molecular formula is C12H19NO5. The van der Waals surface area contributed by atoms with Crippen molar-refractivity contribution in [1.82, 2.24) is 5.32 Å². The Balaban J connectivity index is 3.97. The lowest BCUT2D eigenvalue weighted by Gasteiger charge is -2.19. The van der Waals surface area contributed by atoms with E-state index in [4.69, 9.17) is 4.74 Å². The minimum atomic E-state index is -0.680. The van der Waals surface area contributed by atoms with Crippen molar-refractivity contribution in [3.8, 4) is 0 Å². The fraction of sp³-hybridized carbons (Fsp3) is 0.583. The highest BCUT2D eigenvalue weighted by Gasteiger charge is 2.16. The van der Waals surface area contributed by atoms with Gasteiger partial charge in [-0.25, -0.2) is 9.59 Å². The van der Waals surface area contributed by atoms with Gasteiger partial charge in [-0.15, -0.1) is 0 Å². The number of hydrogen-bond donors (Lipinski definition) is 1. The van der Waals surface area contributed by atoms with E-state index in [9.17, 15) is 14.4 Å². The maximum absolute atomic E-state index is 11.3. The van der Waals surface area contributed by atoms with Crippen LogP contribution in [0.1, 0.15) is 27.7 Å². The molecule has 0 saturated heterocycles. The zero-order valence-corrected chi connectivity index (χ0v) is 11.1. The first kappa shape index (κ1) is 16.1. The molecule has 0 unspecified atom stereocenters. The summed E-state index contributed by atoms with van der Waals surface area (Å²) in [5.41, 5.74) is -0.617. The van der Waals surface area contributed by atoms with E-state index in [1.807, 2.05) is 0 Å². The lowest BCUT2D eigenvalue weighted by molar-refractivity contribution is -0.137. The van der Waals surface area contributed by atoms with Crippen molar-refractivity contribution in [2.24, 2.45) is 0 Å². The van der Waals surface area contributed by atoms with E-state index in [-0.39, 0.29) is 13.2 Å². The molecule has 0 atom stereocenters. The van der Waals surface area contributed by atoms with Gasteiger partial charge in [0.15, 0.2) is 5.78 Å². The summed E-state index contributed by atoms with van der Waals surface area (Å²) < 4.78 is 9.53.